The Hall–Kier alpha value is -1.39. The lowest BCUT2D eigenvalue weighted by Gasteiger charge is -2.31. The van der Waals surface area contributed by atoms with Crippen molar-refractivity contribution < 1.29 is 9.13 Å². The number of fused-ring (bicyclic) bond motifs is 1. The van der Waals surface area contributed by atoms with E-state index in [-0.39, 0.29) is 18.0 Å². The van der Waals surface area contributed by atoms with E-state index < -0.39 is 0 Å². The molecule has 2 nitrogen and oxygen atoms in total. The van der Waals surface area contributed by atoms with Crippen LogP contribution in [0.4, 0.5) is 4.39 Å². The zero-order valence-electron chi connectivity index (χ0n) is 11.1. The van der Waals surface area contributed by atoms with Crippen molar-refractivity contribution in [2.24, 2.45) is 5.73 Å². The summed E-state index contributed by atoms with van der Waals surface area (Å²) in [5, 5.41) is 0. The Morgan fingerprint density at radius 1 is 1.25 bits per heavy atom. The molecule has 1 aliphatic rings. The van der Waals surface area contributed by atoms with Gasteiger partial charge in [0.1, 0.15) is 17.7 Å². The zero-order chi connectivity index (χ0) is 14.3. The van der Waals surface area contributed by atoms with E-state index in [4.69, 9.17) is 10.5 Å². The molecule has 0 saturated heterocycles. The largest absolute Gasteiger partial charge is 0.485 e. The molecule has 0 amide bonds. The molecule has 0 aromatic heterocycles. The van der Waals surface area contributed by atoms with Crippen LogP contribution in [0.25, 0.3) is 0 Å². The zero-order valence-corrected chi connectivity index (χ0v) is 12.7. The molecule has 1 unspecified atom stereocenters. The van der Waals surface area contributed by atoms with Crippen molar-refractivity contribution in [3.8, 4) is 5.75 Å². The maximum absolute atomic E-state index is 13.4. The summed E-state index contributed by atoms with van der Waals surface area (Å²) >= 11 is 3.44. The topological polar surface area (TPSA) is 35.2 Å². The molecule has 0 aliphatic carbocycles. The van der Waals surface area contributed by atoms with E-state index in [1.165, 1.54) is 6.07 Å². The second-order valence-electron chi connectivity index (χ2n) is 5.14. The summed E-state index contributed by atoms with van der Waals surface area (Å²) in [5.41, 5.74) is 8.83. The average Bonchev–Trinajstić information content (AvgIpc) is 2.41. The molecule has 2 aromatic rings. The van der Waals surface area contributed by atoms with Gasteiger partial charge in [-0.3, -0.25) is 0 Å². The van der Waals surface area contributed by atoms with E-state index in [0.717, 1.165) is 21.3 Å². The maximum atomic E-state index is 13.4. The molecule has 2 N–H and O–H groups in total. The molecule has 0 bridgehead atoms. The monoisotopic (exact) mass is 335 g/mol. The molecule has 4 heteroatoms. The molecule has 104 valence electrons. The highest BCUT2D eigenvalue weighted by molar-refractivity contribution is 9.10. The van der Waals surface area contributed by atoms with Gasteiger partial charge in [-0.15, -0.1) is 0 Å². The first-order valence-corrected chi connectivity index (χ1v) is 7.31. The van der Waals surface area contributed by atoms with Crippen molar-refractivity contribution >= 4 is 15.9 Å². The predicted molar refractivity (Wildman–Crippen MR) is 80.2 cm³/mol. The van der Waals surface area contributed by atoms with Crippen molar-refractivity contribution in [1.29, 1.82) is 0 Å². The lowest BCUT2D eigenvalue weighted by atomic mass is 9.93. The van der Waals surface area contributed by atoms with E-state index >= 15 is 0 Å². The molecule has 3 rings (SSSR count). The van der Waals surface area contributed by atoms with Gasteiger partial charge in [0.25, 0.3) is 0 Å². The van der Waals surface area contributed by atoms with E-state index in [2.05, 4.69) is 15.9 Å². The summed E-state index contributed by atoms with van der Waals surface area (Å²) in [6.45, 7) is 1.76. The minimum Gasteiger partial charge on any atom is -0.485 e. The molecular formula is C16H15BrFNO. The quantitative estimate of drug-likeness (QED) is 0.837. The molecule has 0 fully saturated rings. The van der Waals surface area contributed by atoms with Crippen LogP contribution in [0.3, 0.4) is 0 Å². The molecule has 20 heavy (non-hydrogen) atoms. The highest BCUT2D eigenvalue weighted by Crippen LogP contribution is 2.41. The van der Waals surface area contributed by atoms with E-state index in [1.807, 2.05) is 24.3 Å². The van der Waals surface area contributed by atoms with E-state index in [1.54, 1.807) is 13.0 Å². The fourth-order valence-corrected chi connectivity index (χ4v) is 2.89. The smallest absolute Gasteiger partial charge is 0.126 e. The van der Waals surface area contributed by atoms with Gasteiger partial charge in [0.05, 0.1) is 0 Å². The number of rotatable bonds is 1. The van der Waals surface area contributed by atoms with Gasteiger partial charge in [-0.1, -0.05) is 28.1 Å². The molecule has 1 aliphatic heterocycles. The number of hydrogen-bond donors (Lipinski definition) is 1. The third-order valence-electron chi connectivity index (χ3n) is 3.67. The Labute approximate surface area is 125 Å². The number of halogens is 2. The Morgan fingerprint density at radius 2 is 2.05 bits per heavy atom. The van der Waals surface area contributed by atoms with Gasteiger partial charge < -0.3 is 10.5 Å². The third-order valence-corrected chi connectivity index (χ3v) is 4.16. The van der Waals surface area contributed by atoms with Crippen LogP contribution in [0.2, 0.25) is 0 Å². The lowest BCUT2D eigenvalue weighted by Crippen LogP contribution is -2.24. The second kappa shape index (κ2) is 5.19. The fraction of sp³-hybridized carbons (Fsp3) is 0.250. The van der Waals surface area contributed by atoms with Crippen LogP contribution in [0.1, 0.15) is 35.3 Å². The number of nitrogens with two attached hydrogens (primary N) is 1. The number of aryl methyl sites for hydroxylation is 1. The normalized spacial score (nSPS) is 21.2. The van der Waals surface area contributed by atoms with Gasteiger partial charge in [-0.05, 0) is 42.3 Å². The van der Waals surface area contributed by atoms with Crippen molar-refractivity contribution in [1.82, 2.24) is 0 Å². The first-order chi connectivity index (χ1) is 9.54. The first-order valence-electron chi connectivity index (χ1n) is 6.52. The maximum Gasteiger partial charge on any atom is 0.126 e. The van der Waals surface area contributed by atoms with Crippen LogP contribution in [0.5, 0.6) is 5.75 Å². The standard InChI is InChI=1S/C16H15BrFNO/c1-9-6-10(2-5-13(9)18)15-8-14(19)12-4-3-11(17)7-16(12)20-15/h2-7,14-15H,8,19H2,1H3/t14-,15?/m0/s1. The lowest BCUT2D eigenvalue weighted by molar-refractivity contribution is 0.161. The van der Waals surface area contributed by atoms with Gasteiger partial charge in [0, 0.05) is 22.5 Å². The molecular weight excluding hydrogens is 321 g/mol. The molecule has 0 spiro atoms. The average molecular weight is 336 g/mol. The molecule has 0 saturated carbocycles. The van der Waals surface area contributed by atoms with Crippen LogP contribution in [-0.2, 0) is 0 Å². The van der Waals surface area contributed by atoms with Crippen LogP contribution >= 0.6 is 15.9 Å². The van der Waals surface area contributed by atoms with Gasteiger partial charge in [0.2, 0.25) is 0 Å². The SMILES string of the molecule is Cc1cc(C2C[C@H](N)c3ccc(Br)cc3O2)ccc1F. The van der Waals surface area contributed by atoms with Crippen LogP contribution in [0.15, 0.2) is 40.9 Å². The van der Waals surface area contributed by atoms with E-state index in [9.17, 15) is 4.39 Å². The number of benzene rings is 2. The third kappa shape index (κ3) is 2.45. The Bertz CT molecular complexity index is 659. The highest BCUT2D eigenvalue weighted by atomic mass is 79.9. The molecule has 0 radical (unpaired) electrons. The van der Waals surface area contributed by atoms with Crippen LogP contribution < -0.4 is 10.5 Å². The van der Waals surface area contributed by atoms with Gasteiger partial charge in [-0.25, -0.2) is 4.39 Å². The van der Waals surface area contributed by atoms with Gasteiger partial charge >= 0.3 is 0 Å². The summed E-state index contributed by atoms with van der Waals surface area (Å²) in [6, 6.07) is 10.9. The van der Waals surface area contributed by atoms with Crippen molar-refractivity contribution in [2.75, 3.05) is 0 Å². The first kappa shape index (κ1) is 13.6. The highest BCUT2D eigenvalue weighted by Gasteiger charge is 2.27. The van der Waals surface area contributed by atoms with Crippen molar-refractivity contribution in [2.45, 2.75) is 25.5 Å². The van der Waals surface area contributed by atoms with Crippen molar-refractivity contribution in [3.63, 3.8) is 0 Å². The summed E-state index contributed by atoms with van der Waals surface area (Å²) in [4.78, 5) is 0. The molecule has 2 atom stereocenters. The van der Waals surface area contributed by atoms with E-state index in [0.29, 0.717) is 12.0 Å². The van der Waals surface area contributed by atoms with Gasteiger partial charge in [0.15, 0.2) is 0 Å². The minimum atomic E-state index is -0.197. The summed E-state index contributed by atoms with van der Waals surface area (Å²) in [5.74, 6) is 0.599. The van der Waals surface area contributed by atoms with Crippen molar-refractivity contribution in [3.05, 3.63) is 63.4 Å². The fourth-order valence-electron chi connectivity index (χ4n) is 2.55. The minimum absolute atomic E-state index is 0.0674. The second-order valence-corrected chi connectivity index (χ2v) is 6.06. The Kier molecular flexibility index (Phi) is 3.52. The number of ether oxygens (including phenoxy) is 1. The molecule has 1 heterocycles. The predicted octanol–water partition coefficient (Wildman–Crippen LogP) is 4.42. The van der Waals surface area contributed by atoms with Crippen LogP contribution in [0, 0.1) is 12.7 Å². The summed E-state index contributed by atoms with van der Waals surface area (Å²) in [6.07, 6.45) is 0.561. The summed E-state index contributed by atoms with van der Waals surface area (Å²) in [7, 11) is 0. The Morgan fingerprint density at radius 3 is 2.80 bits per heavy atom. The van der Waals surface area contributed by atoms with Crippen LogP contribution in [-0.4, -0.2) is 0 Å². The van der Waals surface area contributed by atoms with Gasteiger partial charge in [-0.2, -0.15) is 0 Å². The summed E-state index contributed by atoms with van der Waals surface area (Å²) < 4.78 is 20.4. The number of hydrogen-bond acceptors (Lipinski definition) is 2. The molecule has 2 aromatic carbocycles. The Balaban J connectivity index is 1.96.